The molecule has 19 nitrogen and oxygen atoms in total. The molecule has 0 aromatic heterocycles. The first kappa shape index (κ1) is 51.1. The Kier molecular flexibility index (Phi) is 12.6. The Morgan fingerprint density at radius 3 is 1.67 bits per heavy atom. The van der Waals surface area contributed by atoms with E-state index in [0.717, 1.165) is 6.42 Å². The number of likely N-dealkylation sites (N-methyl/N-ethyl adjacent to an activating group) is 1. The van der Waals surface area contributed by atoms with E-state index < -0.39 is 76.6 Å². The number of ketones is 4. The van der Waals surface area contributed by atoms with Crippen LogP contribution in [0.4, 0.5) is 0 Å². The molecule has 4 aromatic rings. The monoisotopic (exact) mass is 1050 g/mol. The second kappa shape index (κ2) is 18.8. The molecule has 19 heteroatoms. The fourth-order valence-electron chi connectivity index (χ4n) is 13.7. The summed E-state index contributed by atoms with van der Waals surface area (Å²) in [4.78, 5) is 56.0. The first-order valence-electron chi connectivity index (χ1n) is 26.3. The number of aliphatic hydroxyl groups is 1. The fraction of sp³-hybridized carbons (Fsp3) is 0.509. The molecule has 4 aliphatic carbocycles. The number of phenols is 4. The van der Waals surface area contributed by atoms with Crippen molar-refractivity contribution in [2.45, 2.75) is 151 Å². The average molecular weight is 1050 g/mol. The van der Waals surface area contributed by atoms with Gasteiger partial charge in [0.2, 0.25) is 0 Å². The van der Waals surface area contributed by atoms with E-state index in [1.807, 2.05) is 27.8 Å². The number of carbonyl (C=O) groups is 4. The largest absolute Gasteiger partial charge is 0.507 e. The Hall–Kier alpha value is -5.68. The zero-order valence-corrected chi connectivity index (χ0v) is 42.9. The Morgan fingerprint density at radius 2 is 1.16 bits per heavy atom. The third kappa shape index (κ3) is 7.87. The lowest BCUT2D eigenvalue weighted by molar-refractivity contribution is -0.249. The zero-order valence-electron chi connectivity index (χ0n) is 42.9. The number of carbonyl (C=O) groups excluding carboxylic acids is 4. The van der Waals surface area contributed by atoms with Crippen LogP contribution in [0, 0.1) is 5.92 Å². The third-order valence-corrected chi connectivity index (χ3v) is 17.9. The molecule has 76 heavy (non-hydrogen) atoms. The molecule has 5 aliphatic heterocycles. The van der Waals surface area contributed by atoms with Crippen LogP contribution in [0.2, 0.25) is 0 Å². The van der Waals surface area contributed by atoms with E-state index in [0.29, 0.717) is 62.8 Å². The van der Waals surface area contributed by atoms with Crippen LogP contribution >= 0.6 is 0 Å². The van der Waals surface area contributed by atoms with Crippen molar-refractivity contribution in [1.29, 1.82) is 0 Å². The van der Waals surface area contributed by atoms with Crippen molar-refractivity contribution in [2.24, 2.45) is 11.7 Å². The molecule has 13 rings (SSSR count). The summed E-state index contributed by atoms with van der Waals surface area (Å²) in [6, 6.07) is 12.9. The van der Waals surface area contributed by atoms with E-state index in [2.05, 4.69) is 10.2 Å². The summed E-state index contributed by atoms with van der Waals surface area (Å²) in [7, 11) is 1.96. The highest BCUT2D eigenvalue weighted by molar-refractivity contribution is 6.31. The predicted molar refractivity (Wildman–Crippen MR) is 267 cm³/mol. The smallest absolute Gasteiger partial charge is 0.198 e. The number of hydrogen-bond acceptors (Lipinski definition) is 19. The molecule has 0 saturated carbocycles. The van der Waals surface area contributed by atoms with Gasteiger partial charge in [0, 0.05) is 75.5 Å². The van der Waals surface area contributed by atoms with Gasteiger partial charge in [-0.3, -0.25) is 29.4 Å². The number of nitrogens with two attached hydrogens (primary N) is 1. The van der Waals surface area contributed by atoms with Gasteiger partial charge in [-0.15, -0.1) is 0 Å². The molecule has 0 amide bonds. The van der Waals surface area contributed by atoms with Crippen molar-refractivity contribution in [1.82, 2.24) is 10.2 Å². The number of benzene rings is 4. The van der Waals surface area contributed by atoms with Crippen LogP contribution in [0.25, 0.3) is 0 Å². The number of nitrogens with zero attached hydrogens (tertiary/aromatic N) is 1. The number of hydrogen-bond donors (Lipinski definition) is 7. The van der Waals surface area contributed by atoms with Crippen LogP contribution in [0.1, 0.15) is 158 Å². The summed E-state index contributed by atoms with van der Waals surface area (Å²) in [5.74, 6) is -3.21. The van der Waals surface area contributed by atoms with Crippen molar-refractivity contribution < 1.29 is 77.9 Å². The molecule has 8 N–H and O–H groups in total. The molecule has 9 aliphatic rings. The van der Waals surface area contributed by atoms with Gasteiger partial charge < -0.3 is 64.4 Å². The van der Waals surface area contributed by atoms with Gasteiger partial charge in [-0.2, -0.15) is 0 Å². The fourth-order valence-corrected chi connectivity index (χ4v) is 13.7. The van der Waals surface area contributed by atoms with Gasteiger partial charge >= 0.3 is 0 Å². The van der Waals surface area contributed by atoms with Crippen LogP contribution in [0.3, 0.4) is 0 Å². The second-order valence-corrected chi connectivity index (χ2v) is 22.3. The van der Waals surface area contributed by atoms with Gasteiger partial charge in [0.15, 0.2) is 35.7 Å². The van der Waals surface area contributed by atoms with E-state index in [-0.39, 0.29) is 117 Å². The van der Waals surface area contributed by atoms with E-state index in [9.17, 15) is 44.7 Å². The summed E-state index contributed by atoms with van der Waals surface area (Å²) in [6.07, 6.45) is -1.66. The Morgan fingerprint density at radius 1 is 0.671 bits per heavy atom. The first-order chi connectivity index (χ1) is 36.3. The van der Waals surface area contributed by atoms with Gasteiger partial charge in [-0.1, -0.05) is 48.5 Å². The molecule has 5 fully saturated rings. The Balaban J connectivity index is 0.000000153. The number of aliphatic hydroxyl groups excluding tert-OH is 1. The van der Waals surface area contributed by atoms with Gasteiger partial charge in [-0.25, -0.2) is 0 Å². The molecular formula is C57H63N3O16. The normalized spacial score (nSPS) is 34.5. The number of fused-ring (bicyclic) bond motifs is 8. The second-order valence-electron chi connectivity index (χ2n) is 22.3. The van der Waals surface area contributed by atoms with Gasteiger partial charge in [-0.05, 0) is 72.8 Å². The topological polar surface area (TPSA) is 275 Å². The maximum absolute atomic E-state index is 13.5. The van der Waals surface area contributed by atoms with Crippen LogP contribution in [0.5, 0.6) is 23.0 Å². The van der Waals surface area contributed by atoms with E-state index >= 15 is 0 Å². The van der Waals surface area contributed by atoms with Gasteiger partial charge in [0.1, 0.15) is 29.1 Å². The Labute approximate surface area is 438 Å². The van der Waals surface area contributed by atoms with Crippen LogP contribution in [-0.2, 0) is 46.0 Å². The molecule has 4 aromatic carbocycles. The van der Waals surface area contributed by atoms with E-state index in [1.165, 1.54) is 12.1 Å². The van der Waals surface area contributed by atoms with E-state index in [1.54, 1.807) is 43.3 Å². The van der Waals surface area contributed by atoms with Crippen molar-refractivity contribution in [3.63, 3.8) is 0 Å². The van der Waals surface area contributed by atoms with Crippen molar-refractivity contribution in [2.75, 3.05) is 27.1 Å². The molecule has 5 heterocycles. The highest BCUT2D eigenvalue weighted by Gasteiger charge is 2.54. The minimum Gasteiger partial charge on any atom is -0.507 e. The van der Waals surface area contributed by atoms with Crippen molar-refractivity contribution >= 4 is 23.1 Å². The molecule has 2 unspecified atom stereocenters. The Bertz CT molecular complexity index is 3110. The van der Waals surface area contributed by atoms with Gasteiger partial charge in [0.25, 0.3) is 0 Å². The van der Waals surface area contributed by atoms with Crippen LogP contribution in [0.15, 0.2) is 48.5 Å². The minimum absolute atomic E-state index is 0.0289. The summed E-state index contributed by atoms with van der Waals surface area (Å²) in [5.41, 5.74) is 5.84. The SMILES string of the molecule is CC(O)[C@]1(N)Cc2c(O)c3c(c(O)c2[C@@H](O[C@H]2C[C@H]4[C@H](OCN4C)[C@H](C)O2)C1)C(=O)c1ccccc1C3=O.CC1OCN[C@]12Cc1c(O)c3c(c(O)c1[C@@H](O[C@H]1C[C@@H]4CCO[C@@H]4[C@H](C)O1)C2)C(=O)c1ccccc1C3=O. The average Bonchev–Trinajstić information content (AvgIpc) is 4.15. The lowest BCUT2D eigenvalue weighted by Gasteiger charge is -2.44. The zero-order chi connectivity index (χ0) is 53.4. The molecule has 0 bridgehead atoms. The lowest BCUT2D eigenvalue weighted by atomic mass is 9.70. The lowest BCUT2D eigenvalue weighted by Crippen LogP contribution is -2.55. The van der Waals surface area contributed by atoms with E-state index in [4.69, 9.17) is 38.9 Å². The summed E-state index contributed by atoms with van der Waals surface area (Å²) in [5, 5.41) is 60.2. The maximum Gasteiger partial charge on any atom is 0.198 e. The molecule has 1 spiro atoms. The van der Waals surface area contributed by atoms with Crippen LogP contribution in [-0.4, -0.2) is 147 Å². The predicted octanol–water partition coefficient (Wildman–Crippen LogP) is 4.87. The third-order valence-electron chi connectivity index (χ3n) is 17.9. The first-order valence-corrected chi connectivity index (χ1v) is 26.3. The maximum atomic E-state index is 13.5. The molecule has 402 valence electrons. The molecular weight excluding hydrogens is 983 g/mol. The van der Waals surface area contributed by atoms with Gasteiger partial charge in [0.05, 0.1) is 84.0 Å². The highest BCUT2D eigenvalue weighted by Crippen LogP contribution is 2.55. The minimum atomic E-state index is -1.23. The number of ether oxygens (including phenoxy) is 7. The number of phenolic OH excluding ortho intramolecular Hbond substituents is 4. The number of rotatable bonds is 5. The molecule has 0 radical (unpaired) electrons. The van der Waals surface area contributed by atoms with Crippen LogP contribution < -0.4 is 11.1 Å². The standard InChI is InChI=1S/C29H31NO8.C28H32N2O8/c1-13-28-15(7-8-35-28)9-20(37-13)38-19-11-29(14(2)36-12-30-29)10-18-21(19)27(34)23-22(26(18)33)24(31)16-5-3-4-6-17(16)25(23)32;1-12-27-17(30(3)11-36-27)8-19(37-12)38-18-10-28(29,13(2)31)9-16-20(18)26(35)22-21(25(16)34)23(32)14-6-4-5-7-15(14)24(22)33/h3-6,13-15,19-20,28,30,33-34H,7-12H2,1-2H3;4-7,12-13,17-19,27,31,34-35H,8-11,29H2,1-3H3/t13-,14?,15-,19-,20-,28+,29-;12-,13?,17-,18-,19-,27+,28-/m00/s1. The molecule has 14 atom stereocenters. The highest BCUT2D eigenvalue weighted by atomic mass is 16.7. The van der Waals surface area contributed by atoms with Crippen molar-refractivity contribution in [3.8, 4) is 23.0 Å². The quantitative estimate of drug-likeness (QED) is 0.114. The van der Waals surface area contributed by atoms with Crippen molar-refractivity contribution in [3.05, 3.63) is 115 Å². The molecule has 5 saturated heterocycles. The number of aromatic hydroxyl groups is 4. The summed E-state index contributed by atoms with van der Waals surface area (Å²) >= 11 is 0. The number of nitrogens with one attached hydrogen (secondary N) is 1. The summed E-state index contributed by atoms with van der Waals surface area (Å²) in [6.45, 7) is 8.91. The summed E-state index contributed by atoms with van der Waals surface area (Å²) < 4.78 is 42.9.